The van der Waals surface area contributed by atoms with Gasteiger partial charge in [0.05, 0.1) is 10.0 Å². The van der Waals surface area contributed by atoms with Crippen molar-refractivity contribution >= 4 is 23.2 Å². The third kappa shape index (κ3) is 2.92. The van der Waals surface area contributed by atoms with Crippen molar-refractivity contribution in [3.63, 3.8) is 0 Å². The van der Waals surface area contributed by atoms with Crippen LogP contribution in [-0.2, 0) is 0 Å². The Morgan fingerprint density at radius 1 is 1.36 bits per heavy atom. The van der Waals surface area contributed by atoms with Crippen LogP contribution in [0.15, 0.2) is 18.2 Å². The summed E-state index contributed by atoms with van der Waals surface area (Å²) >= 11 is 11.6. The zero-order valence-corrected chi connectivity index (χ0v) is 9.15. The topological polar surface area (TPSA) is 26.0 Å². The second-order valence-electron chi connectivity index (χ2n) is 3.02. The van der Waals surface area contributed by atoms with Gasteiger partial charge in [-0.05, 0) is 24.1 Å². The molecule has 1 atom stereocenters. The van der Waals surface area contributed by atoms with Gasteiger partial charge in [0.2, 0.25) is 0 Å². The van der Waals surface area contributed by atoms with Crippen LogP contribution in [-0.4, -0.2) is 0 Å². The Morgan fingerprint density at radius 3 is 2.64 bits per heavy atom. The van der Waals surface area contributed by atoms with Crippen molar-refractivity contribution < 1.29 is 0 Å². The molecule has 0 aliphatic carbocycles. The monoisotopic (exact) mass is 227 g/mol. The van der Waals surface area contributed by atoms with Crippen LogP contribution in [0, 0.1) is 12.3 Å². The number of hydrogen-bond donors (Lipinski definition) is 1. The van der Waals surface area contributed by atoms with Gasteiger partial charge in [-0.2, -0.15) is 0 Å². The van der Waals surface area contributed by atoms with Crippen molar-refractivity contribution in [2.45, 2.75) is 18.9 Å². The highest BCUT2D eigenvalue weighted by Gasteiger charge is 2.06. The first kappa shape index (κ1) is 11.4. The second kappa shape index (κ2) is 5.26. The lowest BCUT2D eigenvalue weighted by Crippen LogP contribution is -2.09. The number of nitrogens with two attached hydrogens (primary N) is 1. The molecule has 0 spiro atoms. The zero-order chi connectivity index (χ0) is 10.6. The molecule has 1 unspecified atom stereocenters. The summed E-state index contributed by atoms with van der Waals surface area (Å²) in [5.41, 5.74) is 6.87. The van der Waals surface area contributed by atoms with Crippen molar-refractivity contribution in [3.8, 4) is 12.3 Å². The minimum absolute atomic E-state index is 0.0687. The quantitative estimate of drug-likeness (QED) is 0.788. The maximum absolute atomic E-state index is 5.90. The SMILES string of the molecule is C#CCCC(N)c1ccc(Cl)c(Cl)c1. The average molecular weight is 228 g/mol. The summed E-state index contributed by atoms with van der Waals surface area (Å²) in [5.74, 6) is 2.56. The van der Waals surface area contributed by atoms with Crippen LogP contribution >= 0.6 is 23.2 Å². The number of rotatable bonds is 3. The van der Waals surface area contributed by atoms with Crippen LogP contribution in [0.2, 0.25) is 10.0 Å². The molecule has 1 nitrogen and oxygen atoms in total. The summed E-state index contributed by atoms with van der Waals surface area (Å²) in [7, 11) is 0. The molecule has 0 aliphatic rings. The number of hydrogen-bond acceptors (Lipinski definition) is 1. The first-order valence-corrected chi connectivity index (χ1v) is 5.04. The number of benzene rings is 1. The molecule has 2 N–H and O–H groups in total. The maximum Gasteiger partial charge on any atom is 0.0595 e. The van der Waals surface area contributed by atoms with Crippen LogP contribution in [0.4, 0.5) is 0 Å². The molecule has 1 rings (SSSR count). The number of terminal acetylenes is 1. The van der Waals surface area contributed by atoms with Gasteiger partial charge in [-0.15, -0.1) is 12.3 Å². The van der Waals surface area contributed by atoms with E-state index in [1.807, 2.05) is 6.07 Å². The first-order valence-electron chi connectivity index (χ1n) is 4.29. The van der Waals surface area contributed by atoms with E-state index in [0.717, 1.165) is 12.0 Å². The van der Waals surface area contributed by atoms with E-state index in [4.69, 9.17) is 35.4 Å². The van der Waals surface area contributed by atoms with Crippen LogP contribution in [0.5, 0.6) is 0 Å². The van der Waals surface area contributed by atoms with E-state index < -0.39 is 0 Å². The lowest BCUT2D eigenvalue weighted by atomic mass is 10.0. The summed E-state index contributed by atoms with van der Waals surface area (Å²) in [4.78, 5) is 0. The summed E-state index contributed by atoms with van der Waals surface area (Å²) in [6.07, 6.45) is 6.58. The molecule has 1 aromatic rings. The lowest BCUT2D eigenvalue weighted by molar-refractivity contribution is 0.668. The smallest absolute Gasteiger partial charge is 0.0595 e. The zero-order valence-electron chi connectivity index (χ0n) is 7.63. The lowest BCUT2D eigenvalue weighted by Gasteiger charge is -2.10. The number of halogens is 2. The van der Waals surface area contributed by atoms with Gasteiger partial charge in [0.1, 0.15) is 0 Å². The molecule has 14 heavy (non-hydrogen) atoms. The van der Waals surface area contributed by atoms with Crippen molar-refractivity contribution in [1.29, 1.82) is 0 Å². The molecule has 3 heteroatoms. The standard InChI is InChI=1S/C11H11Cl2N/c1-2-3-4-11(14)8-5-6-9(12)10(13)7-8/h1,5-7,11H,3-4,14H2. The average Bonchev–Trinajstić information content (AvgIpc) is 2.18. The van der Waals surface area contributed by atoms with Crippen molar-refractivity contribution in [1.82, 2.24) is 0 Å². The Labute approximate surface area is 94.2 Å². The molecule has 0 saturated carbocycles. The largest absolute Gasteiger partial charge is 0.324 e. The van der Waals surface area contributed by atoms with E-state index in [9.17, 15) is 0 Å². The van der Waals surface area contributed by atoms with Gasteiger partial charge < -0.3 is 5.73 Å². The molecule has 0 aliphatic heterocycles. The fourth-order valence-electron chi connectivity index (χ4n) is 1.15. The fraction of sp³-hybridized carbons (Fsp3) is 0.273. The van der Waals surface area contributed by atoms with E-state index in [1.54, 1.807) is 12.1 Å². The summed E-state index contributed by atoms with van der Waals surface area (Å²) in [6, 6.07) is 5.33. The summed E-state index contributed by atoms with van der Waals surface area (Å²) < 4.78 is 0. The third-order valence-electron chi connectivity index (χ3n) is 1.97. The molecule has 74 valence electrons. The fourth-order valence-corrected chi connectivity index (χ4v) is 1.46. The van der Waals surface area contributed by atoms with Gasteiger partial charge in [-0.25, -0.2) is 0 Å². The van der Waals surface area contributed by atoms with E-state index in [1.165, 1.54) is 0 Å². The Bertz CT molecular complexity index is 355. The Balaban J connectivity index is 2.76. The Hall–Kier alpha value is -0.680. The molecular weight excluding hydrogens is 217 g/mol. The van der Waals surface area contributed by atoms with Crippen molar-refractivity contribution in [2.75, 3.05) is 0 Å². The van der Waals surface area contributed by atoms with Gasteiger partial charge in [0.25, 0.3) is 0 Å². The van der Waals surface area contributed by atoms with Gasteiger partial charge >= 0.3 is 0 Å². The van der Waals surface area contributed by atoms with Crippen LogP contribution in [0.3, 0.4) is 0 Å². The molecule has 0 radical (unpaired) electrons. The molecule has 0 aromatic heterocycles. The highest BCUT2D eigenvalue weighted by atomic mass is 35.5. The second-order valence-corrected chi connectivity index (χ2v) is 3.84. The minimum Gasteiger partial charge on any atom is -0.324 e. The highest BCUT2D eigenvalue weighted by molar-refractivity contribution is 6.42. The first-order chi connectivity index (χ1) is 6.65. The predicted octanol–water partition coefficient (Wildman–Crippen LogP) is 3.41. The molecule has 0 saturated heterocycles. The maximum atomic E-state index is 5.90. The van der Waals surface area contributed by atoms with Gasteiger partial charge in [-0.3, -0.25) is 0 Å². The highest BCUT2D eigenvalue weighted by Crippen LogP contribution is 2.26. The van der Waals surface area contributed by atoms with Crippen molar-refractivity contribution in [2.24, 2.45) is 5.73 Å². The molecule has 0 heterocycles. The van der Waals surface area contributed by atoms with E-state index in [0.29, 0.717) is 16.5 Å². The molecule has 0 bridgehead atoms. The van der Waals surface area contributed by atoms with Crippen molar-refractivity contribution in [3.05, 3.63) is 33.8 Å². The van der Waals surface area contributed by atoms with E-state index >= 15 is 0 Å². The molecule has 1 aromatic carbocycles. The van der Waals surface area contributed by atoms with Gasteiger partial charge in [0.15, 0.2) is 0 Å². The van der Waals surface area contributed by atoms with E-state index in [2.05, 4.69) is 5.92 Å². The minimum atomic E-state index is -0.0687. The third-order valence-corrected chi connectivity index (χ3v) is 2.71. The van der Waals surface area contributed by atoms with E-state index in [-0.39, 0.29) is 6.04 Å². The van der Waals surface area contributed by atoms with Crippen LogP contribution in [0.1, 0.15) is 24.4 Å². The Kier molecular flexibility index (Phi) is 4.28. The Morgan fingerprint density at radius 2 is 2.07 bits per heavy atom. The van der Waals surface area contributed by atoms with Gasteiger partial charge in [0, 0.05) is 12.5 Å². The van der Waals surface area contributed by atoms with Crippen LogP contribution in [0.25, 0.3) is 0 Å². The molecule has 0 fully saturated rings. The predicted molar refractivity (Wildman–Crippen MR) is 61.5 cm³/mol. The summed E-state index contributed by atoms with van der Waals surface area (Å²) in [5, 5.41) is 1.07. The van der Waals surface area contributed by atoms with Gasteiger partial charge in [-0.1, -0.05) is 29.3 Å². The molecule has 0 amide bonds. The summed E-state index contributed by atoms with van der Waals surface area (Å²) in [6.45, 7) is 0. The normalized spacial score (nSPS) is 12.1. The van der Waals surface area contributed by atoms with Crippen LogP contribution < -0.4 is 5.73 Å². The molecular formula is C11H11Cl2N.